The predicted octanol–water partition coefficient (Wildman–Crippen LogP) is 1.32. The maximum Gasteiger partial charge on any atom is 0.272 e. The topological polar surface area (TPSA) is 86.4 Å². The Morgan fingerprint density at radius 3 is 2.42 bits per heavy atom. The molecule has 0 saturated carbocycles. The second-order valence-electron chi connectivity index (χ2n) is 6.26. The third-order valence-corrected chi connectivity index (χ3v) is 4.58. The van der Waals surface area contributed by atoms with Crippen LogP contribution in [0, 0.1) is 0 Å². The fourth-order valence-corrected chi connectivity index (χ4v) is 3.19. The van der Waals surface area contributed by atoms with Gasteiger partial charge in [-0.3, -0.25) is 19.4 Å². The summed E-state index contributed by atoms with van der Waals surface area (Å²) in [7, 11) is 0. The Morgan fingerprint density at radius 1 is 1.04 bits per heavy atom. The fourth-order valence-electron chi connectivity index (χ4n) is 3.19. The van der Waals surface area contributed by atoms with Gasteiger partial charge in [-0.05, 0) is 24.5 Å². The number of nitrogens with one attached hydrogen (secondary N) is 1. The lowest BCUT2D eigenvalue weighted by Crippen LogP contribution is -2.38. The van der Waals surface area contributed by atoms with Gasteiger partial charge in [-0.1, -0.05) is 25.1 Å². The monoisotopic (exact) mass is 354 g/mol. The van der Waals surface area contributed by atoms with Gasteiger partial charge >= 0.3 is 0 Å². The highest BCUT2D eigenvalue weighted by Crippen LogP contribution is 2.15. The first-order valence-electron chi connectivity index (χ1n) is 8.81. The molecule has 1 aromatic heterocycles. The lowest BCUT2D eigenvalue weighted by Gasteiger charge is -2.23. The number of aryl methyl sites for hydroxylation is 1. The van der Waals surface area contributed by atoms with Crippen LogP contribution in [-0.2, 0) is 6.42 Å². The van der Waals surface area contributed by atoms with Crippen molar-refractivity contribution in [1.82, 2.24) is 19.8 Å². The average Bonchev–Trinajstić information content (AvgIpc) is 2.93. The van der Waals surface area contributed by atoms with Crippen LogP contribution < -0.4 is 5.56 Å². The molecule has 2 heterocycles. The highest BCUT2D eigenvalue weighted by molar-refractivity contribution is 5.96. The molecule has 0 bridgehead atoms. The summed E-state index contributed by atoms with van der Waals surface area (Å²) in [5, 5.41) is 0. The van der Waals surface area contributed by atoms with Crippen LogP contribution in [0.15, 0.2) is 41.5 Å². The van der Waals surface area contributed by atoms with Crippen molar-refractivity contribution in [3.05, 3.63) is 63.8 Å². The summed E-state index contributed by atoms with van der Waals surface area (Å²) in [6, 6.07) is 7.64. The highest BCUT2D eigenvalue weighted by atomic mass is 16.2. The second kappa shape index (κ2) is 7.95. The minimum absolute atomic E-state index is 0.00605. The Morgan fingerprint density at radius 2 is 1.73 bits per heavy atom. The van der Waals surface area contributed by atoms with Crippen molar-refractivity contribution < 1.29 is 9.59 Å². The molecule has 0 atom stereocenters. The first-order chi connectivity index (χ1) is 12.6. The zero-order chi connectivity index (χ0) is 18.5. The van der Waals surface area contributed by atoms with Crippen molar-refractivity contribution >= 4 is 11.8 Å². The molecule has 1 aliphatic heterocycles. The highest BCUT2D eigenvalue weighted by Gasteiger charge is 2.24. The van der Waals surface area contributed by atoms with Crippen molar-refractivity contribution in [3.63, 3.8) is 0 Å². The maximum atomic E-state index is 12.9. The third-order valence-electron chi connectivity index (χ3n) is 4.58. The van der Waals surface area contributed by atoms with Crippen LogP contribution in [0.25, 0.3) is 0 Å². The Bertz CT molecular complexity index is 862. The molecule has 7 nitrogen and oxygen atoms in total. The van der Waals surface area contributed by atoms with Gasteiger partial charge in [0.2, 0.25) is 0 Å². The zero-order valence-electron chi connectivity index (χ0n) is 14.8. The molecule has 7 heteroatoms. The van der Waals surface area contributed by atoms with E-state index in [1.165, 1.54) is 6.20 Å². The van der Waals surface area contributed by atoms with E-state index in [0.717, 1.165) is 23.7 Å². The number of hydrogen-bond acceptors (Lipinski definition) is 4. The number of carbonyl (C=O) groups is 2. The molecule has 1 aliphatic rings. The van der Waals surface area contributed by atoms with Gasteiger partial charge in [-0.2, -0.15) is 0 Å². The first kappa shape index (κ1) is 17.8. The molecule has 26 heavy (non-hydrogen) atoms. The van der Waals surface area contributed by atoms with Crippen molar-refractivity contribution in [1.29, 1.82) is 0 Å². The number of amides is 2. The molecule has 0 radical (unpaired) electrons. The standard InChI is InChI=1S/C19H22N4O3/c1-2-14-6-3-4-7-15(14)18(25)22-8-5-9-23(11-10-22)19(26)16-12-20-13-17(24)21-16/h3-4,6-7,12-13H,2,5,8-11H2,1H3,(H,21,24). The van der Waals surface area contributed by atoms with E-state index in [-0.39, 0.29) is 17.5 Å². The number of aromatic nitrogens is 2. The molecule has 0 spiro atoms. The third kappa shape index (κ3) is 3.82. The Kier molecular flexibility index (Phi) is 5.46. The SMILES string of the molecule is CCc1ccccc1C(=O)N1CCCN(C(=O)c2cncc(=O)[nH]2)CC1. The maximum absolute atomic E-state index is 12.9. The molecular weight excluding hydrogens is 332 g/mol. The number of rotatable bonds is 3. The molecule has 0 aliphatic carbocycles. The summed E-state index contributed by atoms with van der Waals surface area (Å²) >= 11 is 0. The summed E-state index contributed by atoms with van der Waals surface area (Å²) in [5.74, 6) is -0.259. The smallest absolute Gasteiger partial charge is 0.272 e. The number of hydrogen-bond donors (Lipinski definition) is 1. The van der Waals surface area contributed by atoms with Crippen molar-refractivity contribution in [2.24, 2.45) is 0 Å². The summed E-state index contributed by atoms with van der Waals surface area (Å²) in [4.78, 5) is 46.6. The summed E-state index contributed by atoms with van der Waals surface area (Å²) in [6.45, 7) is 4.06. The van der Waals surface area contributed by atoms with Crippen molar-refractivity contribution in [2.75, 3.05) is 26.2 Å². The number of nitrogens with zero attached hydrogens (tertiary/aromatic N) is 3. The molecule has 136 valence electrons. The van der Waals surface area contributed by atoms with Gasteiger partial charge in [0.15, 0.2) is 0 Å². The molecule has 1 N–H and O–H groups in total. The van der Waals surface area contributed by atoms with Crippen LogP contribution in [0.1, 0.15) is 39.8 Å². The lowest BCUT2D eigenvalue weighted by molar-refractivity contribution is 0.0714. The van der Waals surface area contributed by atoms with Crippen molar-refractivity contribution in [2.45, 2.75) is 19.8 Å². The number of benzene rings is 1. The normalized spacial score (nSPS) is 14.8. The first-order valence-corrected chi connectivity index (χ1v) is 8.81. The van der Waals surface area contributed by atoms with Crippen molar-refractivity contribution in [3.8, 4) is 0 Å². The summed E-state index contributed by atoms with van der Waals surface area (Å²) < 4.78 is 0. The number of H-pyrrole nitrogens is 1. The fraction of sp³-hybridized carbons (Fsp3) is 0.368. The van der Waals surface area contributed by atoms with E-state index in [9.17, 15) is 14.4 Å². The van der Waals surface area contributed by atoms with Crippen LogP contribution in [-0.4, -0.2) is 57.8 Å². The quantitative estimate of drug-likeness (QED) is 0.901. The van der Waals surface area contributed by atoms with Gasteiger partial charge in [-0.25, -0.2) is 0 Å². The zero-order valence-corrected chi connectivity index (χ0v) is 14.8. The molecule has 1 aromatic carbocycles. The van der Waals surface area contributed by atoms with Crippen LogP contribution in [0.3, 0.4) is 0 Å². The lowest BCUT2D eigenvalue weighted by atomic mass is 10.0. The van der Waals surface area contributed by atoms with E-state index in [2.05, 4.69) is 9.97 Å². The van der Waals surface area contributed by atoms with Gasteiger partial charge in [0, 0.05) is 31.7 Å². The van der Waals surface area contributed by atoms with E-state index in [1.807, 2.05) is 31.2 Å². The second-order valence-corrected chi connectivity index (χ2v) is 6.26. The number of aromatic amines is 1. The molecule has 3 rings (SSSR count). The van der Waals surface area contributed by atoms with Crippen LogP contribution in [0.4, 0.5) is 0 Å². The molecule has 2 aromatic rings. The molecule has 1 saturated heterocycles. The molecule has 1 fully saturated rings. The largest absolute Gasteiger partial charge is 0.337 e. The van der Waals surface area contributed by atoms with Gasteiger partial charge in [0.05, 0.1) is 12.4 Å². The molecule has 2 amide bonds. The van der Waals surface area contributed by atoms with E-state index in [0.29, 0.717) is 32.6 Å². The van der Waals surface area contributed by atoms with Crippen LogP contribution >= 0.6 is 0 Å². The van der Waals surface area contributed by atoms with E-state index in [4.69, 9.17) is 0 Å². The van der Waals surface area contributed by atoms with E-state index < -0.39 is 5.56 Å². The van der Waals surface area contributed by atoms with Gasteiger partial charge in [0.25, 0.3) is 17.4 Å². The number of carbonyl (C=O) groups excluding carboxylic acids is 2. The van der Waals surface area contributed by atoms with Gasteiger partial charge in [0.1, 0.15) is 5.69 Å². The Balaban J connectivity index is 1.71. The van der Waals surface area contributed by atoms with Crippen LogP contribution in [0.5, 0.6) is 0 Å². The summed E-state index contributed by atoms with van der Waals surface area (Å²) in [6.07, 6.45) is 3.98. The molecule has 0 unspecified atom stereocenters. The van der Waals surface area contributed by atoms with Gasteiger partial charge < -0.3 is 14.8 Å². The van der Waals surface area contributed by atoms with E-state index in [1.54, 1.807) is 9.80 Å². The Labute approximate surface area is 151 Å². The Hall–Kier alpha value is -2.96. The minimum atomic E-state index is -0.404. The molecular formula is C19H22N4O3. The summed E-state index contributed by atoms with van der Waals surface area (Å²) in [5.41, 5.74) is 1.53. The minimum Gasteiger partial charge on any atom is -0.337 e. The predicted molar refractivity (Wildman–Crippen MR) is 97.1 cm³/mol. The van der Waals surface area contributed by atoms with E-state index >= 15 is 0 Å². The van der Waals surface area contributed by atoms with Crippen LogP contribution in [0.2, 0.25) is 0 Å². The van der Waals surface area contributed by atoms with Gasteiger partial charge in [-0.15, -0.1) is 0 Å². The average molecular weight is 354 g/mol.